The largest absolute Gasteiger partial charge is 0.369 e. The van der Waals surface area contributed by atoms with Crippen molar-refractivity contribution in [2.75, 3.05) is 7.05 Å². The normalized spacial score (nSPS) is 41.4. The zero-order valence-electron chi connectivity index (χ0n) is 11.5. The molecule has 0 aromatic heterocycles. The maximum Gasteiger partial charge on any atom is 0.0665 e. The van der Waals surface area contributed by atoms with Crippen molar-refractivity contribution in [2.24, 2.45) is 11.8 Å². The average Bonchev–Trinajstić information content (AvgIpc) is 2.67. The standard InChI is InChI=1S/C14H27NO/c1-13(2)9-12(14(3,4)16-13)10-6-7-11(8-10)15-5/h10-12,15H,6-9H2,1-5H3. The average molecular weight is 225 g/mol. The molecule has 0 bridgehead atoms. The summed E-state index contributed by atoms with van der Waals surface area (Å²) in [5.74, 6) is 1.59. The predicted octanol–water partition coefficient (Wildman–Crippen LogP) is 2.97. The summed E-state index contributed by atoms with van der Waals surface area (Å²) in [5, 5.41) is 3.42. The van der Waals surface area contributed by atoms with Crippen molar-refractivity contribution < 1.29 is 4.74 Å². The van der Waals surface area contributed by atoms with E-state index in [0.717, 1.165) is 17.9 Å². The van der Waals surface area contributed by atoms with Crippen LogP contribution in [0.4, 0.5) is 0 Å². The van der Waals surface area contributed by atoms with Gasteiger partial charge in [0.2, 0.25) is 0 Å². The molecule has 0 aromatic rings. The second kappa shape index (κ2) is 3.99. The smallest absolute Gasteiger partial charge is 0.0665 e. The maximum atomic E-state index is 6.21. The molecule has 2 nitrogen and oxygen atoms in total. The van der Waals surface area contributed by atoms with Gasteiger partial charge in [-0.25, -0.2) is 0 Å². The van der Waals surface area contributed by atoms with E-state index in [1.165, 1.54) is 25.7 Å². The number of rotatable bonds is 2. The summed E-state index contributed by atoms with van der Waals surface area (Å²) >= 11 is 0. The monoisotopic (exact) mass is 225 g/mol. The summed E-state index contributed by atoms with van der Waals surface area (Å²) in [7, 11) is 2.09. The molecule has 0 radical (unpaired) electrons. The summed E-state index contributed by atoms with van der Waals surface area (Å²) in [4.78, 5) is 0. The van der Waals surface area contributed by atoms with Gasteiger partial charge in [0, 0.05) is 6.04 Å². The minimum absolute atomic E-state index is 0.0663. The number of nitrogens with one attached hydrogen (secondary N) is 1. The highest BCUT2D eigenvalue weighted by Gasteiger charge is 2.49. The van der Waals surface area contributed by atoms with Gasteiger partial charge in [0.25, 0.3) is 0 Å². The van der Waals surface area contributed by atoms with E-state index in [2.05, 4.69) is 40.1 Å². The van der Waals surface area contributed by atoms with Crippen LogP contribution in [0.25, 0.3) is 0 Å². The molecule has 3 unspecified atom stereocenters. The Balaban J connectivity index is 2.05. The van der Waals surface area contributed by atoms with Crippen LogP contribution in [0.15, 0.2) is 0 Å². The van der Waals surface area contributed by atoms with Crippen LogP contribution in [0.2, 0.25) is 0 Å². The molecule has 2 rings (SSSR count). The lowest BCUT2D eigenvalue weighted by molar-refractivity contribution is -0.0797. The fraction of sp³-hybridized carbons (Fsp3) is 1.00. The van der Waals surface area contributed by atoms with E-state index in [4.69, 9.17) is 4.74 Å². The molecule has 1 aliphatic carbocycles. The van der Waals surface area contributed by atoms with Gasteiger partial charge in [-0.05, 0) is 72.3 Å². The molecular weight excluding hydrogens is 198 g/mol. The number of hydrogen-bond acceptors (Lipinski definition) is 2. The zero-order chi connectivity index (χ0) is 12.0. The SMILES string of the molecule is CNC1CCC(C2CC(C)(C)OC2(C)C)C1. The van der Waals surface area contributed by atoms with Gasteiger partial charge in [-0.2, -0.15) is 0 Å². The third kappa shape index (κ3) is 2.28. The lowest BCUT2D eigenvalue weighted by atomic mass is 9.77. The second-order valence-electron chi connectivity index (χ2n) is 6.83. The topological polar surface area (TPSA) is 21.3 Å². The highest BCUT2D eigenvalue weighted by molar-refractivity contribution is 4.99. The molecule has 16 heavy (non-hydrogen) atoms. The van der Waals surface area contributed by atoms with Crippen LogP contribution in [0.3, 0.4) is 0 Å². The molecule has 1 aliphatic heterocycles. The summed E-state index contributed by atoms with van der Waals surface area (Å²) in [6, 6.07) is 0.740. The van der Waals surface area contributed by atoms with Crippen LogP contribution >= 0.6 is 0 Å². The fourth-order valence-electron chi connectivity index (χ4n) is 3.98. The Labute approximate surface area is 100 Å². The van der Waals surface area contributed by atoms with Crippen molar-refractivity contribution in [3.05, 3.63) is 0 Å². The summed E-state index contributed by atoms with van der Waals surface area (Å²) in [6.07, 6.45) is 5.28. The van der Waals surface area contributed by atoms with Gasteiger partial charge in [0.15, 0.2) is 0 Å². The molecule has 1 saturated carbocycles. The number of hydrogen-bond donors (Lipinski definition) is 1. The second-order valence-corrected chi connectivity index (χ2v) is 6.83. The van der Waals surface area contributed by atoms with Crippen molar-refractivity contribution in [3.8, 4) is 0 Å². The first-order valence-electron chi connectivity index (χ1n) is 6.71. The van der Waals surface area contributed by atoms with Gasteiger partial charge in [-0.15, -0.1) is 0 Å². The number of ether oxygens (including phenoxy) is 1. The van der Waals surface area contributed by atoms with Gasteiger partial charge in [-0.3, -0.25) is 0 Å². The Morgan fingerprint density at radius 2 is 1.81 bits per heavy atom. The molecule has 1 N–H and O–H groups in total. The van der Waals surface area contributed by atoms with Crippen molar-refractivity contribution in [1.29, 1.82) is 0 Å². The summed E-state index contributed by atoms with van der Waals surface area (Å²) < 4.78 is 6.21. The lowest BCUT2D eigenvalue weighted by Crippen LogP contribution is -2.33. The predicted molar refractivity (Wildman–Crippen MR) is 67.5 cm³/mol. The van der Waals surface area contributed by atoms with E-state index in [1.807, 2.05) is 0 Å². The Bertz CT molecular complexity index is 259. The van der Waals surface area contributed by atoms with Crippen molar-refractivity contribution >= 4 is 0 Å². The molecule has 1 heterocycles. The zero-order valence-corrected chi connectivity index (χ0v) is 11.5. The minimum atomic E-state index is 0.0663. The third-order valence-electron chi connectivity index (χ3n) is 4.59. The van der Waals surface area contributed by atoms with Crippen LogP contribution in [0.1, 0.15) is 53.4 Å². The van der Waals surface area contributed by atoms with Crippen LogP contribution in [-0.4, -0.2) is 24.3 Å². The van der Waals surface area contributed by atoms with Gasteiger partial charge in [-0.1, -0.05) is 0 Å². The first kappa shape index (κ1) is 12.4. The van der Waals surface area contributed by atoms with Gasteiger partial charge >= 0.3 is 0 Å². The van der Waals surface area contributed by atoms with Gasteiger partial charge in [0.05, 0.1) is 11.2 Å². The van der Waals surface area contributed by atoms with Gasteiger partial charge < -0.3 is 10.1 Å². The molecular formula is C14H27NO. The van der Waals surface area contributed by atoms with Crippen molar-refractivity contribution in [1.82, 2.24) is 5.32 Å². The van der Waals surface area contributed by atoms with Crippen LogP contribution in [-0.2, 0) is 4.74 Å². The molecule has 2 heteroatoms. The molecule has 94 valence electrons. The highest BCUT2D eigenvalue weighted by atomic mass is 16.5. The van der Waals surface area contributed by atoms with Crippen LogP contribution in [0, 0.1) is 11.8 Å². The first-order chi connectivity index (χ1) is 7.34. The Morgan fingerprint density at radius 1 is 1.12 bits per heavy atom. The minimum Gasteiger partial charge on any atom is -0.369 e. The summed E-state index contributed by atoms with van der Waals surface area (Å²) in [5.41, 5.74) is 0.142. The molecule has 0 spiro atoms. The molecule has 3 atom stereocenters. The van der Waals surface area contributed by atoms with E-state index in [1.54, 1.807) is 0 Å². The molecule has 0 aromatic carbocycles. The quantitative estimate of drug-likeness (QED) is 0.780. The first-order valence-corrected chi connectivity index (χ1v) is 6.71. The fourth-order valence-corrected chi connectivity index (χ4v) is 3.98. The van der Waals surface area contributed by atoms with Crippen molar-refractivity contribution in [3.63, 3.8) is 0 Å². The van der Waals surface area contributed by atoms with Crippen LogP contribution < -0.4 is 5.32 Å². The van der Waals surface area contributed by atoms with E-state index >= 15 is 0 Å². The van der Waals surface area contributed by atoms with Crippen molar-refractivity contribution in [2.45, 2.75) is 70.6 Å². The van der Waals surface area contributed by atoms with E-state index < -0.39 is 0 Å². The van der Waals surface area contributed by atoms with Crippen LogP contribution in [0.5, 0.6) is 0 Å². The molecule has 2 fully saturated rings. The molecule has 1 saturated heterocycles. The lowest BCUT2D eigenvalue weighted by Gasteiger charge is -2.31. The molecule has 2 aliphatic rings. The Hall–Kier alpha value is -0.0800. The Morgan fingerprint density at radius 3 is 2.25 bits per heavy atom. The summed E-state index contributed by atoms with van der Waals surface area (Å²) in [6.45, 7) is 9.02. The van der Waals surface area contributed by atoms with E-state index in [-0.39, 0.29) is 11.2 Å². The van der Waals surface area contributed by atoms with Gasteiger partial charge in [0.1, 0.15) is 0 Å². The maximum absolute atomic E-state index is 6.21. The molecule has 0 amide bonds. The Kier molecular flexibility index (Phi) is 3.09. The van der Waals surface area contributed by atoms with E-state index in [9.17, 15) is 0 Å². The highest BCUT2D eigenvalue weighted by Crippen LogP contribution is 2.49. The van der Waals surface area contributed by atoms with E-state index in [0.29, 0.717) is 0 Å². The third-order valence-corrected chi connectivity index (χ3v) is 4.59.